The molecule has 8 heteroatoms. The Labute approximate surface area is 156 Å². The summed E-state index contributed by atoms with van der Waals surface area (Å²) in [6.07, 6.45) is 0.670. The molecule has 0 aliphatic carbocycles. The van der Waals surface area contributed by atoms with Gasteiger partial charge in [-0.15, -0.1) is 0 Å². The first-order valence-electron chi connectivity index (χ1n) is 8.78. The maximum Gasteiger partial charge on any atom is 0.244 e. The van der Waals surface area contributed by atoms with Crippen LogP contribution in [0.1, 0.15) is 45.6 Å². The van der Waals surface area contributed by atoms with Gasteiger partial charge in [-0.2, -0.15) is 4.72 Å². The van der Waals surface area contributed by atoms with Gasteiger partial charge in [-0.1, -0.05) is 19.9 Å². The second kappa shape index (κ2) is 10.5. The van der Waals surface area contributed by atoms with Crippen LogP contribution in [0, 0.1) is 0 Å². The average molecular weight is 387 g/mol. The zero-order valence-electron chi connectivity index (χ0n) is 16.2. The van der Waals surface area contributed by atoms with Crippen molar-refractivity contribution in [1.82, 2.24) is 10.0 Å². The molecule has 0 aromatic heterocycles. The molecule has 2 N–H and O–H groups in total. The first kappa shape index (κ1) is 22.4. The van der Waals surface area contributed by atoms with Crippen LogP contribution in [0.25, 0.3) is 0 Å². The molecule has 7 nitrogen and oxygen atoms in total. The molecular weight excluding hydrogens is 356 g/mol. The summed E-state index contributed by atoms with van der Waals surface area (Å²) in [5, 5.41) is 2.70. The van der Waals surface area contributed by atoms with Gasteiger partial charge in [0, 0.05) is 19.8 Å². The number of nitrogens with one attached hydrogen (secondary N) is 2. The van der Waals surface area contributed by atoms with Crippen molar-refractivity contribution in [3.05, 3.63) is 23.8 Å². The highest BCUT2D eigenvalue weighted by Gasteiger charge is 2.25. The lowest BCUT2D eigenvalue weighted by Crippen LogP contribution is -2.45. The molecule has 1 amide bonds. The summed E-state index contributed by atoms with van der Waals surface area (Å²) in [5.74, 6) is 0.0243. The van der Waals surface area contributed by atoms with Gasteiger partial charge in [0.05, 0.1) is 13.2 Å². The lowest BCUT2D eigenvalue weighted by atomic mass is 10.0. The molecule has 1 unspecified atom stereocenters. The van der Waals surface area contributed by atoms with Crippen LogP contribution >= 0.6 is 0 Å². The summed E-state index contributed by atoms with van der Waals surface area (Å²) >= 11 is 0. The maximum absolute atomic E-state index is 12.7. The Morgan fingerprint density at radius 3 is 2.50 bits per heavy atom. The number of hydrogen-bond acceptors (Lipinski definition) is 5. The lowest BCUT2D eigenvalue weighted by Gasteiger charge is -2.17. The van der Waals surface area contributed by atoms with Gasteiger partial charge in [-0.25, -0.2) is 8.42 Å². The molecular formula is C18H30N2O5S. The minimum Gasteiger partial charge on any atom is -0.495 e. The summed E-state index contributed by atoms with van der Waals surface area (Å²) in [7, 11) is -2.49. The number of hydrogen-bond donors (Lipinski definition) is 2. The van der Waals surface area contributed by atoms with Crippen molar-refractivity contribution in [2.24, 2.45) is 0 Å². The molecule has 0 aliphatic heterocycles. The molecule has 1 aromatic rings. The predicted molar refractivity (Wildman–Crippen MR) is 101 cm³/mol. The molecule has 0 bridgehead atoms. The van der Waals surface area contributed by atoms with E-state index in [1.807, 2.05) is 26.8 Å². The van der Waals surface area contributed by atoms with E-state index < -0.39 is 16.1 Å². The lowest BCUT2D eigenvalue weighted by molar-refractivity contribution is -0.122. The van der Waals surface area contributed by atoms with Crippen LogP contribution in [-0.4, -0.2) is 47.2 Å². The number of carbonyl (C=O) groups excluding carboxylic acids is 1. The summed E-state index contributed by atoms with van der Waals surface area (Å²) in [6, 6.07) is 4.14. The highest BCUT2D eigenvalue weighted by atomic mass is 32.2. The Kier molecular flexibility index (Phi) is 9.04. The molecule has 1 atom stereocenters. The van der Waals surface area contributed by atoms with E-state index in [1.165, 1.54) is 14.0 Å². The molecule has 0 heterocycles. The molecule has 0 radical (unpaired) electrons. The van der Waals surface area contributed by atoms with E-state index in [9.17, 15) is 13.2 Å². The van der Waals surface area contributed by atoms with Gasteiger partial charge in [-0.05, 0) is 43.9 Å². The molecule has 0 saturated carbocycles. The number of methoxy groups -OCH3 is 1. The molecule has 0 fully saturated rings. The van der Waals surface area contributed by atoms with E-state index in [0.29, 0.717) is 26.2 Å². The van der Waals surface area contributed by atoms with Gasteiger partial charge in [-0.3, -0.25) is 4.79 Å². The second-order valence-electron chi connectivity index (χ2n) is 6.25. The minimum atomic E-state index is -3.90. The largest absolute Gasteiger partial charge is 0.495 e. The van der Waals surface area contributed by atoms with Crippen LogP contribution in [0.3, 0.4) is 0 Å². The van der Waals surface area contributed by atoms with Gasteiger partial charge in [0.15, 0.2) is 0 Å². The quantitative estimate of drug-likeness (QED) is 0.568. The number of rotatable bonds is 11. The van der Waals surface area contributed by atoms with Crippen molar-refractivity contribution in [3.63, 3.8) is 0 Å². The third-order valence-corrected chi connectivity index (χ3v) is 5.40. The third kappa shape index (κ3) is 6.59. The molecule has 1 rings (SSSR count). The maximum atomic E-state index is 12.7. The SMILES string of the molecule is CCOCCCNC(=O)C(C)NS(=O)(=O)c1cc(C(C)C)ccc1OC. The smallest absolute Gasteiger partial charge is 0.244 e. The summed E-state index contributed by atoms with van der Waals surface area (Å²) in [6.45, 7) is 8.97. The van der Waals surface area contributed by atoms with Crippen LogP contribution in [0.2, 0.25) is 0 Å². The van der Waals surface area contributed by atoms with E-state index in [1.54, 1.807) is 12.1 Å². The monoisotopic (exact) mass is 386 g/mol. The van der Waals surface area contributed by atoms with E-state index in [2.05, 4.69) is 10.0 Å². The zero-order valence-corrected chi connectivity index (χ0v) is 17.0. The van der Waals surface area contributed by atoms with Gasteiger partial charge >= 0.3 is 0 Å². The fourth-order valence-corrected chi connectivity index (χ4v) is 3.70. The van der Waals surface area contributed by atoms with Crippen molar-refractivity contribution in [3.8, 4) is 5.75 Å². The van der Waals surface area contributed by atoms with Crippen LogP contribution in [0.5, 0.6) is 5.75 Å². The summed E-state index contributed by atoms with van der Waals surface area (Å²) in [5.41, 5.74) is 0.874. The molecule has 1 aromatic carbocycles. The van der Waals surface area contributed by atoms with Gasteiger partial charge in [0.25, 0.3) is 0 Å². The molecule has 0 spiro atoms. The molecule has 0 saturated heterocycles. The van der Waals surface area contributed by atoms with Crippen molar-refractivity contribution in [2.75, 3.05) is 26.9 Å². The standard InChI is InChI=1S/C18H30N2O5S/c1-6-25-11-7-10-19-18(21)14(4)20-26(22,23)17-12-15(13(2)3)8-9-16(17)24-5/h8-9,12-14,20H,6-7,10-11H2,1-5H3,(H,19,21). The number of amides is 1. The molecule has 26 heavy (non-hydrogen) atoms. The Morgan fingerprint density at radius 2 is 1.92 bits per heavy atom. The van der Waals surface area contributed by atoms with Crippen LogP contribution < -0.4 is 14.8 Å². The van der Waals surface area contributed by atoms with Crippen LogP contribution in [0.4, 0.5) is 0 Å². The molecule has 0 aliphatic rings. The van der Waals surface area contributed by atoms with Crippen molar-refractivity contribution in [1.29, 1.82) is 0 Å². The van der Waals surface area contributed by atoms with Crippen LogP contribution in [0.15, 0.2) is 23.1 Å². The minimum absolute atomic E-state index is 0.0298. The Bertz CT molecular complexity index is 689. The number of sulfonamides is 1. The summed E-state index contributed by atoms with van der Waals surface area (Å²) < 4.78 is 38.2. The van der Waals surface area contributed by atoms with Crippen LogP contribution in [-0.2, 0) is 19.6 Å². The highest BCUT2D eigenvalue weighted by molar-refractivity contribution is 7.89. The van der Waals surface area contributed by atoms with Gasteiger partial charge in [0.1, 0.15) is 10.6 Å². The first-order valence-corrected chi connectivity index (χ1v) is 10.3. The number of ether oxygens (including phenoxy) is 2. The van der Waals surface area contributed by atoms with Crippen molar-refractivity contribution < 1.29 is 22.7 Å². The first-order chi connectivity index (χ1) is 12.2. The van der Waals surface area contributed by atoms with Crippen molar-refractivity contribution >= 4 is 15.9 Å². The number of benzene rings is 1. The van der Waals surface area contributed by atoms with E-state index >= 15 is 0 Å². The van der Waals surface area contributed by atoms with Gasteiger partial charge < -0.3 is 14.8 Å². The highest BCUT2D eigenvalue weighted by Crippen LogP contribution is 2.28. The predicted octanol–water partition coefficient (Wildman–Crippen LogP) is 2.03. The number of carbonyl (C=O) groups is 1. The topological polar surface area (TPSA) is 93.7 Å². The Morgan fingerprint density at radius 1 is 1.23 bits per heavy atom. The van der Waals surface area contributed by atoms with E-state index in [-0.39, 0.29) is 22.5 Å². The Balaban J connectivity index is 2.81. The van der Waals surface area contributed by atoms with Crippen molar-refractivity contribution in [2.45, 2.75) is 51.0 Å². The van der Waals surface area contributed by atoms with E-state index in [0.717, 1.165) is 5.56 Å². The summed E-state index contributed by atoms with van der Waals surface area (Å²) in [4.78, 5) is 12.1. The second-order valence-corrected chi connectivity index (χ2v) is 7.93. The fourth-order valence-electron chi connectivity index (χ4n) is 2.30. The van der Waals surface area contributed by atoms with Gasteiger partial charge in [0.2, 0.25) is 15.9 Å². The van der Waals surface area contributed by atoms with E-state index in [4.69, 9.17) is 9.47 Å². The average Bonchev–Trinajstić information content (AvgIpc) is 2.60. The zero-order chi connectivity index (χ0) is 19.7. The Hall–Kier alpha value is -1.64. The molecule has 148 valence electrons. The third-order valence-electron chi connectivity index (χ3n) is 3.84. The normalized spacial score (nSPS) is 12.8. The fraction of sp³-hybridized carbons (Fsp3) is 0.611.